The molecule has 0 aliphatic carbocycles. The molecule has 2 heterocycles. The van der Waals surface area contributed by atoms with Gasteiger partial charge >= 0.3 is 0 Å². The van der Waals surface area contributed by atoms with Gasteiger partial charge in [-0.1, -0.05) is 60.2 Å². The number of hydrogen-bond acceptors (Lipinski definition) is 4. The number of ether oxygens (including phenoxy) is 3. The van der Waals surface area contributed by atoms with Crippen LogP contribution in [0.15, 0.2) is 72.8 Å². The quantitative estimate of drug-likeness (QED) is 0.539. The van der Waals surface area contributed by atoms with Crippen molar-refractivity contribution >= 4 is 0 Å². The second kappa shape index (κ2) is 9.03. The molecule has 0 amide bonds. The van der Waals surface area contributed by atoms with Gasteiger partial charge in [0.05, 0.1) is 6.61 Å². The molecule has 160 valence electrons. The number of benzene rings is 3. The molecule has 0 aromatic heterocycles. The lowest BCUT2D eigenvalue weighted by atomic mass is 9.80. The number of piperidine rings is 1. The van der Waals surface area contributed by atoms with E-state index < -0.39 is 0 Å². The molecule has 5 rings (SSSR count). The van der Waals surface area contributed by atoms with Crippen molar-refractivity contribution in [2.75, 3.05) is 26.5 Å². The fraction of sp³-hybridized carbons (Fsp3) is 0.333. The van der Waals surface area contributed by atoms with Gasteiger partial charge in [0.2, 0.25) is 6.79 Å². The fourth-order valence-corrected chi connectivity index (χ4v) is 4.68. The van der Waals surface area contributed by atoms with E-state index in [2.05, 4.69) is 66.4 Å². The van der Waals surface area contributed by atoms with Crippen molar-refractivity contribution in [3.63, 3.8) is 0 Å². The molecule has 2 unspecified atom stereocenters. The zero-order chi connectivity index (χ0) is 21.0. The van der Waals surface area contributed by atoms with E-state index in [1.807, 2.05) is 18.2 Å². The Morgan fingerprint density at radius 3 is 2.65 bits per heavy atom. The van der Waals surface area contributed by atoms with Crippen molar-refractivity contribution in [3.05, 3.63) is 89.5 Å². The molecule has 31 heavy (non-hydrogen) atoms. The lowest BCUT2D eigenvalue weighted by Gasteiger charge is -2.39. The lowest BCUT2D eigenvalue weighted by Crippen LogP contribution is -2.41. The third-order valence-corrected chi connectivity index (χ3v) is 6.38. The van der Waals surface area contributed by atoms with Crippen LogP contribution in [0.4, 0.5) is 0 Å². The molecule has 2 aliphatic heterocycles. The molecule has 4 heteroatoms. The van der Waals surface area contributed by atoms with Gasteiger partial charge in [-0.3, -0.25) is 4.90 Å². The minimum absolute atomic E-state index is 0.249. The highest BCUT2D eigenvalue weighted by Gasteiger charge is 2.31. The average Bonchev–Trinajstić information content (AvgIpc) is 2.80. The normalized spacial score (nSPS) is 20.5. The Hall–Kier alpha value is -2.98. The second-order valence-electron chi connectivity index (χ2n) is 8.61. The third kappa shape index (κ3) is 4.70. The number of likely N-dealkylation sites (tertiary alicyclic amines) is 1. The zero-order valence-corrected chi connectivity index (χ0v) is 18.0. The van der Waals surface area contributed by atoms with Crippen molar-refractivity contribution in [1.82, 2.24) is 4.90 Å². The van der Waals surface area contributed by atoms with E-state index in [9.17, 15) is 0 Å². The predicted octanol–water partition coefficient (Wildman–Crippen LogP) is 5.41. The summed E-state index contributed by atoms with van der Waals surface area (Å²) in [5, 5.41) is 0. The van der Waals surface area contributed by atoms with Gasteiger partial charge in [-0.2, -0.15) is 0 Å². The number of aryl methyl sites for hydroxylation is 1. The largest absolute Gasteiger partial charge is 0.489 e. The van der Waals surface area contributed by atoms with E-state index in [-0.39, 0.29) is 6.79 Å². The van der Waals surface area contributed by atoms with E-state index in [4.69, 9.17) is 14.2 Å². The van der Waals surface area contributed by atoms with Crippen LogP contribution in [0.1, 0.15) is 29.0 Å². The van der Waals surface area contributed by atoms with Crippen LogP contribution >= 0.6 is 0 Å². The summed E-state index contributed by atoms with van der Waals surface area (Å²) in [6, 6.07) is 25.6. The molecule has 3 aromatic carbocycles. The maximum absolute atomic E-state index is 6.32. The standard InChI is InChI=1S/C27H29NO3/c1-20-7-9-22(10-8-20)25-13-14-28(16-21-5-3-2-4-6-21)17-23(25)18-29-26-12-11-24-15-27(26)31-19-30-24/h2-12,15,23,25H,13-14,16-19H2,1H3. The Bertz CT molecular complexity index is 1000. The summed E-state index contributed by atoms with van der Waals surface area (Å²) in [5.74, 6) is 3.31. The third-order valence-electron chi connectivity index (χ3n) is 6.38. The summed E-state index contributed by atoms with van der Waals surface area (Å²) in [6.07, 6.45) is 1.14. The Morgan fingerprint density at radius 1 is 0.968 bits per heavy atom. The second-order valence-corrected chi connectivity index (χ2v) is 8.61. The van der Waals surface area contributed by atoms with Crippen LogP contribution in [0.25, 0.3) is 0 Å². The molecule has 2 aliphatic rings. The molecule has 0 N–H and O–H groups in total. The Morgan fingerprint density at radius 2 is 1.81 bits per heavy atom. The van der Waals surface area contributed by atoms with Gasteiger partial charge in [0.1, 0.15) is 5.75 Å². The number of rotatable bonds is 6. The van der Waals surface area contributed by atoms with Crippen LogP contribution in [0.2, 0.25) is 0 Å². The molecular weight excluding hydrogens is 386 g/mol. The summed E-state index contributed by atoms with van der Waals surface area (Å²) in [7, 11) is 0. The average molecular weight is 416 g/mol. The van der Waals surface area contributed by atoms with Crippen LogP contribution in [0.5, 0.6) is 17.2 Å². The molecule has 3 aromatic rings. The first-order valence-corrected chi connectivity index (χ1v) is 11.1. The monoisotopic (exact) mass is 415 g/mol. The first kappa shape index (κ1) is 20.0. The van der Waals surface area contributed by atoms with E-state index in [0.717, 1.165) is 43.3 Å². The highest BCUT2D eigenvalue weighted by atomic mass is 16.7. The molecule has 4 nitrogen and oxygen atoms in total. The predicted molar refractivity (Wildman–Crippen MR) is 122 cm³/mol. The van der Waals surface area contributed by atoms with Gasteiger partial charge in [0.25, 0.3) is 0 Å². The van der Waals surface area contributed by atoms with Crippen LogP contribution in [0, 0.1) is 12.8 Å². The molecule has 0 saturated carbocycles. The van der Waals surface area contributed by atoms with Crippen LogP contribution < -0.4 is 14.2 Å². The Balaban J connectivity index is 1.33. The molecule has 2 atom stereocenters. The highest BCUT2D eigenvalue weighted by Crippen LogP contribution is 2.37. The van der Waals surface area contributed by atoms with E-state index in [1.165, 1.54) is 16.7 Å². The summed E-state index contributed by atoms with van der Waals surface area (Å²) < 4.78 is 17.3. The molecule has 0 spiro atoms. The van der Waals surface area contributed by atoms with Crippen molar-refractivity contribution < 1.29 is 14.2 Å². The Kier molecular flexibility index (Phi) is 5.81. The topological polar surface area (TPSA) is 30.9 Å². The van der Waals surface area contributed by atoms with Gasteiger partial charge in [-0.05, 0) is 49.1 Å². The SMILES string of the molecule is Cc1ccc(C2CCN(Cc3ccccc3)CC2COc2ccc3cc2OCO3)cc1. The number of hydrogen-bond donors (Lipinski definition) is 0. The maximum Gasteiger partial charge on any atom is 0.231 e. The van der Waals surface area contributed by atoms with Crippen molar-refractivity contribution in [2.24, 2.45) is 5.92 Å². The smallest absolute Gasteiger partial charge is 0.231 e. The summed E-state index contributed by atoms with van der Waals surface area (Å²) in [5.41, 5.74) is 4.08. The summed E-state index contributed by atoms with van der Waals surface area (Å²) in [4.78, 5) is 2.56. The molecular formula is C27H29NO3. The van der Waals surface area contributed by atoms with Crippen molar-refractivity contribution in [3.8, 4) is 17.2 Å². The zero-order valence-electron chi connectivity index (χ0n) is 18.0. The van der Waals surface area contributed by atoms with Gasteiger partial charge in [0, 0.05) is 25.1 Å². The van der Waals surface area contributed by atoms with E-state index in [1.54, 1.807) is 0 Å². The molecule has 0 radical (unpaired) electrons. The maximum atomic E-state index is 6.32. The molecule has 2 bridgehead atoms. The molecule has 1 saturated heterocycles. The van der Waals surface area contributed by atoms with Crippen LogP contribution in [0.3, 0.4) is 0 Å². The lowest BCUT2D eigenvalue weighted by molar-refractivity contribution is 0.0872. The van der Waals surface area contributed by atoms with Gasteiger partial charge in [0.15, 0.2) is 11.5 Å². The fourth-order valence-electron chi connectivity index (χ4n) is 4.68. The molecule has 1 fully saturated rings. The van der Waals surface area contributed by atoms with Gasteiger partial charge in [-0.15, -0.1) is 0 Å². The van der Waals surface area contributed by atoms with Crippen LogP contribution in [-0.2, 0) is 6.54 Å². The number of fused-ring (bicyclic) bond motifs is 2. The van der Waals surface area contributed by atoms with Crippen molar-refractivity contribution in [2.45, 2.75) is 25.8 Å². The highest BCUT2D eigenvalue weighted by molar-refractivity contribution is 5.46. The minimum Gasteiger partial charge on any atom is -0.489 e. The minimum atomic E-state index is 0.249. The summed E-state index contributed by atoms with van der Waals surface area (Å²) in [6.45, 7) is 6.17. The van der Waals surface area contributed by atoms with Gasteiger partial charge < -0.3 is 14.2 Å². The van der Waals surface area contributed by atoms with E-state index in [0.29, 0.717) is 18.4 Å². The van der Waals surface area contributed by atoms with Crippen molar-refractivity contribution in [1.29, 1.82) is 0 Å². The summed E-state index contributed by atoms with van der Waals surface area (Å²) >= 11 is 0. The van der Waals surface area contributed by atoms with E-state index >= 15 is 0 Å². The van der Waals surface area contributed by atoms with Crippen LogP contribution in [-0.4, -0.2) is 31.4 Å². The Labute approximate surface area is 184 Å². The van der Waals surface area contributed by atoms with Gasteiger partial charge in [-0.25, -0.2) is 0 Å². The first-order valence-electron chi connectivity index (χ1n) is 11.1. The number of nitrogens with zero attached hydrogens (tertiary/aromatic N) is 1. The first-order chi connectivity index (χ1) is 15.2.